The lowest BCUT2D eigenvalue weighted by Crippen LogP contribution is -2.32. The summed E-state index contributed by atoms with van der Waals surface area (Å²) in [5.41, 5.74) is 6.73. The molecule has 1 rings (SSSR count). The molecule has 0 aliphatic heterocycles. The van der Waals surface area contributed by atoms with Crippen molar-refractivity contribution in [1.29, 1.82) is 5.26 Å². The first-order valence-electron chi connectivity index (χ1n) is 4.11. The molecule has 1 aromatic carbocycles. The highest BCUT2D eigenvalue weighted by molar-refractivity contribution is 5.73. The fourth-order valence-corrected chi connectivity index (χ4v) is 1.06. The van der Waals surface area contributed by atoms with Gasteiger partial charge in [0.15, 0.2) is 0 Å². The van der Waals surface area contributed by atoms with Crippen molar-refractivity contribution in [3.8, 4) is 6.07 Å². The van der Waals surface area contributed by atoms with Gasteiger partial charge in [-0.25, -0.2) is 0 Å². The molecule has 0 saturated carbocycles. The second-order valence-electron chi connectivity index (χ2n) is 2.96. The summed E-state index contributed by atoms with van der Waals surface area (Å²) >= 11 is 0. The lowest BCUT2D eigenvalue weighted by atomic mass is 10.1. The molecule has 0 spiro atoms. The van der Waals surface area contributed by atoms with Gasteiger partial charge in [0.25, 0.3) is 0 Å². The van der Waals surface area contributed by atoms with Crippen LogP contribution in [0.15, 0.2) is 24.3 Å². The first-order valence-corrected chi connectivity index (χ1v) is 4.11. The Kier molecular flexibility index (Phi) is 3.21. The van der Waals surface area contributed by atoms with Crippen LogP contribution in [0.5, 0.6) is 0 Å². The Balaban J connectivity index is 2.70. The van der Waals surface area contributed by atoms with Crippen molar-refractivity contribution in [2.75, 3.05) is 0 Å². The highest BCUT2D eigenvalue weighted by Gasteiger charge is 2.11. The molecule has 0 aliphatic carbocycles. The number of carbonyl (C=O) groups is 1. The van der Waals surface area contributed by atoms with Crippen LogP contribution in [-0.4, -0.2) is 17.1 Å². The molecule has 0 amide bonds. The molecule has 0 aromatic heterocycles. The molecule has 0 unspecified atom stereocenters. The molecule has 1 aromatic rings. The molecule has 0 radical (unpaired) electrons. The van der Waals surface area contributed by atoms with Gasteiger partial charge in [-0.1, -0.05) is 12.1 Å². The van der Waals surface area contributed by atoms with Gasteiger partial charge in [0, 0.05) is 0 Å². The van der Waals surface area contributed by atoms with Gasteiger partial charge in [-0.2, -0.15) is 5.26 Å². The van der Waals surface area contributed by atoms with Gasteiger partial charge < -0.3 is 10.8 Å². The maximum absolute atomic E-state index is 10.4. The molecular weight excluding hydrogens is 181 g/mol. The molecule has 3 N–H and O–H groups in total. The Morgan fingerprint density at radius 3 is 2.50 bits per heavy atom. The molecule has 0 bridgehead atoms. The smallest absolute Gasteiger partial charge is 0.320 e. The second kappa shape index (κ2) is 4.40. The first kappa shape index (κ1) is 10.2. The molecule has 0 aliphatic rings. The van der Waals surface area contributed by atoms with Crippen LogP contribution in [0, 0.1) is 11.3 Å². The second-order valence-corrected chi connectivity index (χ2v) is 2.96. The van der Waals surface area contributed by atoms with Crippen LogP contribution in [0.2, 0.25) is 0 Å². The van der Waals surface area contributed by atoms with Crippen LogP contribution in [0.25, 0.3) is 0 Å². The fourth-order valence-electron chi connectivity index (χ4n) is 1.06. The average Bonchev–Trinajstić information content (AvgIpc) is 2.19. The average molecular weight is 191 g/mol. The zero-order chi connectivity index (χ0) is 10.6. The van der Waals surface area contributed by atoms with E-state index in [4.69, 9.17) is 16.1 Å². The van der Waals surface area contributed by atoms with Crippen molar-refractivity contribution in [3.05, 3.63) is 35.4 Å². The standard InChI is InChI=1S/C10H10N2O2/c11-6-8-3-1-7(2-4-8)5-9(12)10(13)14/h1-4,9H,5,12H2,(H,13,14)/t9-/m0/s1/i11+1. The van der Waals surface area contributed by atoms with Crippen LogP contribution in [0.1, 0.15) is 11.1 Å². The Hall–Kier alpha value is -1.86. The number of nitrogens with zero attached hydrogens (tertiary/aromatic N) is 1. The molecule has 4 heteroatoms. The van der Waals surface area contributed by atoms with Crippen molar-refractivity contribution < 1.29 is 9.90 Å². The van der Waals surface area contributed by atoms with E-state index < -0.39 is 12.0 Å². The summed E-state index contributed by atoms with van der Waals surface area (Å²) in [4.78, 5) is 10.4. The monoisotopic (exact) mass is 191 g/mol. The van der Waals surface area contributed by atoms with Crippen molar-refractivity contribution in [1.82, 2.24) is 0 Å². The van der Waals surface area contributed by atoms with Crippen molar-refractivity contribution in [2.24, 2.45) is 5.73 Å². The van der Waals surface area contributed by atoms with Gasteiger partial charge in [0.1, 0.15) is 6.04 Å². The third kappa shape index (κ3) is 2.57. The molecule has 0 fully saturated rings. The largest absolute Gasteiger partial charge is 0.480 e. The zero-order valence-corrected chi connectivity index (χ0v) is 7.47. The number of benzene rings is 1. The Morgan fingerprint density at radius 1 is 1.50 bits per heavy atom. The molecule has 4 nitrogen and oxygen atoms in total. The summed E-state index contributed by atoms with van der Waals surface area (Å²) in [5.74, 6) is -1.02. The lowest BCUT2D eigenvalue weighted by Gasteiger charge is -2.05. The third-order valence-corrected chi connectivity index (χ3v) is 1.86. The number of aliphatic carboxylic acids is 1. The minimum atomic E-state index is -1.02. The summed E-state index contributed by atoms with van der Waals surface area (Å²) < 4.78 is 0. The molecule has 0 heterocycles. The van der Waals surface area contributed by atoms with Gasteiger partial charge in [0.2, 0.25) is 0 Å². The molecule has 14 heavy (non-hydrogen) atoms. The Morgan fingerprint density at radius 2 is 2.07 bits per heavy atom. The van der Waals surface area contributed by atoms with Crippen molar-refractivity contribution in [3.63, 3.8) is 0 Å². The van der Waals surface area contributed by atoms with Crippen LogP contribution >= 0.6 is 0 Å². The molecule has 0 saturated heterocycles. The van der Waals surface area contributed by atoms with Gasteiger partial charge in [-0.15, -0.1) is 0 Å². The predicted molar refractivity (Wildman–Crippen MR) is 50.5 cm³/mol. The maximum atomic E-state index is 10.4. The first-order chi connectivity index (χ1) is 6.63. The quantitative estimate of drug-likeness (QED) is 0.681. The minimum absolute atomic E-state index is 0.279. The van der Waals surface area contributed by atoms with E-state index in [1.807, 2.05) is 6.07 Å². The van der Waals surface area contributed by atoms with Crippen molar-refractivity contribution in [2.45, 2.75) is 12.5 Å². The summed E-state index contributed by atoms with van der Waals surface area (Å²) in [5, 5.41) is 17.1. The minimum Gasteiger partial charge on any atom is -0.480 e. The van der Waals surface area contributed by atoms with Crippen LogP contribution in [0.3, 0.4) is 0 Å². The lowest BCUT2D eigenvalue weighted by molar-refractivity contribution is -0.138. The van der Waals surface area contributed by atoms with E-state index in [0.717, 1.165) is 5.56 Å². The van der Waals surface area contributed by atoms with E-state index in [2.05, 4.69) is 0 Å². The predicted octanol–water partition coefficient (Wildman–Crippen LogP) is 0.513. The number of rotatable bonds is 3. The molecule has 72 valence electrons. The number of carboxylic acid groups (broad SMARTS) is 1. The van der Waals surface area contributed by atoms with Crippen LogP contribution in [0.4, 0.5) is 0 Å². The number of hydrogen-bond acceptors (Lipinski definition) is 3. The van der Waals surface area contributed by atoms with Crippen molar-refractivity contribution >= 4 is 5.97 Å². The van der Waals surface area contributed by atoms with E-state index in [0.29, 0.717) is 5.56 Å². The fraction of sp³-hybridized carbons (Fsp3) is 0.200. The van der Waals surface area contributed by atoms with Gasteiger partial charge in [-0.05, 0) is 24.1 Å². The highest BCUT2D eigenvalue weighted by Crippen LogP contribution is 2.05. The number of carboxylic acids is 1. The number of nitrogens with two attached hydrogens (primary N) is 1. The summed E-state index contributed by atoms with van der Waals surface area (Å²) in [6.07, 6.45) is 0.279. The maximum Gasteiger partial charge on any atom is 0.320 e. The highest BCUT2D eigenvalue weighted by atomic mass is 16.4. The molecule has 1 atom stereocenters. The molecular formula is C10H10N2O2. The van der Waals surface area contributed by atoms with E-state index in [1.54, 1.807) is 24.3 Å². The van der Waals surface area contributed by atoms with Crippen LogP contribution < -0.4 is 5.73 Å². The number of hydrogen-bond donors (Lipinski definition) is 2. The third-order valence-electron chi connectivity index (χ3n) is 1.86. The SMILES string of the molecule is N[C@@H](Cc1ccc(C#[15N])cc1)C(=O)O. The summed E-state index contributed by atoms with van der Waals surface area (Å²) in [6, 6.07) is 7.80. The van der Waals surface area contributed by atoms with Crippen LogP contribution in [-0.2, 0) is 11.2 Å². The van der Waals surface area contributed by atoms with Gasteiger partial charge >= 0.3 is 5.97 Å². The van der Waals surface area contributed by atoms with E-state index in [9.17, 15) is 4.79 Å². The topological polar surface area (TPSA) is 87.1 Å². The van der Waals surface area contributed by atoms with E-state index >= 15 is 0 Å². The number of nitriles is 1. The van der Waals surface area contributed by atoms with E-state index in [-0.39, 0.29) is 6.42 Å². The normalized spacial score (nSPS) is 11.7. The summed E-state index contributed by atoms with van der Waals surface area (Å²) in [6.45, 7) is 0. The van der Waals surface area contributed by atoms with Gasteiger partial charge in [-0.3, -0.25) is 4.79 Å². The zero-order valence-electron chi connectivity index (χ0n) is 7.47. The van der Waals surface area contributed by atoms with E-state index in [1.165, 1.54) is 0 Å². The Labute approximate surface area is 81.6 Å². The summed E-state index contributed by atoms with van der Waals surface area (Å²) in [7, 11) is 0. The Bertz CT molecular complexity index is 365. The van der Waals surface area contributed by atoms with Gasteiger partial charge in [0.05, 0.1) is 11.6 Å².